The van der Waals surface area contributed by atoms with Crippen LogP contribution >= 0.6 is 11.3 Å². The Kier molecular flexibility index (Phi) is 7.04. The molecule has 0 radical (unpaired) electrons. The second-order valence-electron chi connectivity index (χ2n) is 9.47. The van der Waals surface area contributed by atoms with Crippen molar-refractivity contribution in [3.8, 4) is 48.9 Å². The van der Waals surface area contributed by atoms with Gasteiger partial charge in [-0.15, -0.1) is 11.3 Å². The van der Waals surface area contributed by atoms with Crippen LogP contribution in [-0.4, -0.2) is 6.61 Å². The molecule has 188 valence electrons. The van der Waals surface area contributed by atoms with Crippen LogP contribution in [0, 0.1) is 6.92 Å². The van der Waals surface area contributed by atoms with Gasteiger partial charge in [-0.2, -0.15) is 8.73 Å². The van der Waals surface area contributed by atoms with E-state index in [0.29, 0.717) is 0 Å². The number of hydrogen-bond donors (Lipinski definition) is 0. The summed E-state index contributed by atoms with van der Waals surface area (Å²) in [6, 6.07) is 34.6. The van der Waals surface area contributed by atoms with Crippen LogP contribution in [-0.2, 0) is 11.4 Å². The summed E-state index contributed by atoms with van der Waals surface area (Å²) in [6.45, 7) is 5.06. The van der Waals surface area contributed by atoms with Gasteiger partial charge in [0.05, 0.1) is 27.7 Å². The number of nitrogens with zero attached hydrogens (tertiary/aromatic N) is 2. The molecule has 4 aromatic carbocycles. The molecule has 5 heteroatoms. The van der Waals surface area contributed by atoms with Crippen LogP contribution in [0.3, 0.4) is 0 Å². The average molecular weight is 533 g/mol. The van der Waals surface area contributed by atoms with E-state index in [1.165, 1.54) is 55.2 Å². The van der Waals surface area contributed by atoms with E-state index < -0.39 is 0 Å². The molecule has 1 aromatic heterocycles. The molecular formula is C33H28N2OS2. The first kappa shape index (κ1) is 24.5. The van der Waals surface area contributed by atoms with Gasteiger partial charge >= 0.3 is 0 Å². The fourth-order valence-corrected chi connectivity index (χ4v) is 6.39. The molecule has 5 aromatic rings. The van der Waals surface area contributed by atoms with Crippen molar-refractivity contribution in [1.29, 1.82) is 0 Å². The van der Waals surface area contributed by atoms with Crippen LogP contribution in [0.25, 0.3) is 43.1 Å². The molecule has 0 N–H and O–H groups in total. The van der Waals surface area contributed by atoms with Crippen molar-refractivity contribution in [2.75, 3.05) is 6.61 Å². The first-order chi connectivity index (χ1) is 18.7. The Hall–Kier alpha value is -3.80. The number of fused-ring (bicyclic) bond motifs is 1. The topological polar surface area (TPSA) is 34.0 Å². The van der Waals surface area contributed by atoms with Gasteiger partial charge in [0, 0.05) is 0 Å². The lowest BCUT2D eigenvalue weighted by atomic mass is 10.0. The number of benzene rings is 4. The Morgan fingerprint density at radius 1 is 0.579 bits per heavy atom. The lowest BCUT2D eigenvalue weighted by molar-refractivity contribution is 0.309. The second kappa shape index (κ2) is 10.9. The Bertz CT molecular complexity index is 1630. The van der Waals surface area contributed by atoms with Gasteiger partial charge in [-0.05, 0) is 58.9 Å². The minimum atomic E-state index is 0.768. The maximum absolute atomic E-state index is 5.81. The molecule has 0 aliphatic carbocycles. The third kappa shape index (κ3) is 5.00. The van der Waals surface area contributed by atoms with Gasteiger partial charge in [-0.25, -0.2) is 0 Å². The lowest BCUT2D eigenvalue weighted by Crippen LogP contribution is -1.95. The smallest absolute Gasteiger partial charge is 0.124 e. The highest BCUT2D eigenvalue weighted by molar-refractivity contribution is 7.58. The van der Waals surface area contributed by atoms with E-state index >= 15 is 0 Å². The molecule has 0 spiro atoms. The number of unbranched alkanes of at least 4 members (excludes halogenated alkanes) is 1. The predicted molar refractivity (Wildman–Crippen MR) is 163 cm³/mol. The summed E-state index contributed by atoms with van der Waals surface area (Å²) < 4.78 is 15.1. The van der Waals surface area contributed by atoms with E-state index in [1.807, 2.05) is 0 Å². The largest absolute Gasteiger partial charge is 0.494 e. The lowest BCUT2D eigenvalue weighted by Gasteiger charge is -2.07. The van der Waals surface area contributed by atoms with E-state index in [2.05, 4.69) is 120 Å². The number of hydrogen-bond acceptors (Lipinski definition) is 4. The fraction of sp³-hybridized carbons (Fsp3) is 0.152. The van der Waals surface area contributed by atoms with Gasteiger partial charge in [0.25, 0.3) is 0 Å². The van der Waals surface area contributed by atoms with E-state index in [0.717, 1.165) is 41.4 Å². The second-order valence-corrected chi connectivity index (χ2v) is 11.0. The Morgan fingerprint density at radius 2 is 1.00 bits per heavy atom. The maximum Gasteiger partial charge on any atom is 0.124 e. The van der Waals surface area contributed by atoms with Crippen molar-refractivity contribution in [2.24, 2.45) is 8.73 Å². The summed E-state index contributed by atoms with van der Waals surface area (Å²) in [5, 5.41) is 0. The molecule has 3 nitrogen and oxygen atoms in total. The molecule has 0 fully saturated rings. The van der Waals surface area contributed by atoms with Crippen molar-refractivity contribution in [3.63, 3.8) is 0 Å². The molecule has 0 amide bonds. The molecule has 0 saturated heterocycles. The average Bonchev–Trinajstić information content (AvgIpc) is 3.58. The van der Waals surface area contributed by atoms with E-state index in [-0.39, 0.29) is 0 Å². The molecule has 0 bridgehead atoms. The monoisotopic (exact) mass is 532 g/mol. The van der Waals surface area contributed by atoms with Crippen molar-refractivity contribution >= 4 is 34.1 Å². The van der Waals surface area contributed by atoms with Crippen LogP contribution in [0.5, 0.6) is 5.75 Å². The third-order valence-corrected chi connectivity index (χ3v) is 8.55. The maximum atomic E-state index is 5.81. The van der Waals surface area contributed by atoms with Crippen molar-refractivity contribution < 1.29 is 4.74 Å². The summed E-state index contributed by atoms with van der Waals surface area (Å²) >= 11 is 3.05. The molecular weight excluding hydrogens is 505 g/mol. The highest BCUT2D eigenvalue weighted by Crippen LogP contribution is 2.54. The van der Waals surface area contributed by atoms with Gasteiger partial charge < -0.3 is 4.74 Å². The molecule has 1 aliphatic rings. The molecule has 0 atom stereocenters. The minimum absolute atomic E-state index is 0.768. The van der Waals surface area contributed by atoms with Gasteiger partial charge in [-0.1, -0.05) is 104 Å². The predicted octanol–water partition coefficient (Wildman–Crippen LogP) is 10.6. The summed E-state index contributed by atoms with van der Waals surface area (Å²) in [6.07, 6.45) is 2.22. The zero-order chi connectivity index (χ0) is 25.9. The highest BCUT2D eigenvalue weighted by atomic mass is 32.1. The number of thiophene rings is 1. The van der Waals surface area contributed by atoms with Crippen LogP contribution in [0.15, 0.2) is 106 Å². The Labute approximate surface area is 231 Å². The van der Waals surface area contributed by atoms with E-state index in [9.17, 15) is 0 Å². The standard InChI is InChI=1S/C33H28N2OS2/c1-3-4-21-36-29-19-17-26(18-20-29)25-11-15-28(16-12-25)33-31-30(34-38-35-31)32(37-33)27-13-9-24(10-14-27)23-7-5-22(2)6-8-23/h5-20H,3-4,21H2,1-2H3. The van der Waals surface area contributed by atoms with Crippen LogP contribution in [0.1, 0.15) is 25.3 Å². The van der Waals surface area contributed by atoms with E-state index in [1.54, 1.807) is 11.3 Å². The Morgan fingerprint density at radius 3 is 1.47 bits per heavy atom. The summed E-state index contributed by atoms with van der Waals surface area (Å²) in [5.41, 5.74) is 10.4. The quantitative estimate of drug-likeness (QED) is 0.179. The van der Waals surface area contributed by atoms with Gasteiger partial charge in [-0.3, -0.25) is 0 Å². The zero-order valence-corrected chi connectivity index (χ0v) is 23.1. The highest BCUT2D eigenvalue weighted by Gasteiger charge is 2.22. The fourth-order valence-electron chi connectivity index (χ4n) is 4.53. The normalized spacial score (nSPS) is 11.8. The number of aryl methyl sites for hydroxylation is 1. The minimum Gasteiger partial charge on any atom is -0.494 e. The van der Waals surface area contributed by atoms with E-state index in [4.69, 9.17) is 4.74 Å². The molecule has 0 saturated carbocycles. The summed E-state index contributed by atoms with van der Waals surface area (Å²) in [4.78, 5) is 2.33. The number of ether oxygens (including phenoxy) is 1. The molecule has 1 aliphatic heterocycles. The van der Waals surface area contributed by atoms with Crippen LogP contribution in [0.2, 0.25) is 0 Å². The summed E-state index contributed by atoms with van der Waals surface area (Å²) in [7, 11) is 0. The first-order valence-electron chi connectivity index (χ1n) is 13.0. The van der Waals surface area contributed by atoms with Crippen LogP contribution in [0.4, 0.5) is 11.4 Å². The first-order valence-corrected chi connectivity index (χ1v) is 14.5. The molecule has 2 heterocycles. The van der Waals surface area contributed by atoms with Crippen molar-refractivity contribution in [1.82, 2.24) is 0 Å². The zero-order valence-electron chi connectivity index (χ0n) is 21.5. The molecule has 6 rings (SSSR count). The molecule has 38 heavy (non-hydrogen) atoms. The van der Waals surface area contributed by atoms with Gasteiger partial charge in [0.1, 0.15) is 17.1 Å². The molecule has 0 unspecified atom stereocenters. The van der Waals surface area contributed by atoms with Crippen molar-refractivity contribution in [3.05, 3.63) is 103 Å². The summed E-state index contributed by atoms with van der Waals surface area (Å²) in [5.74, 6) is 0.926. The van der Waals surface area contributed by atoms with Gasteiger partial charge in [0.15, 0.2) is 0 Å². The Balaban J connectivity index is 1.25. The van der Waals surface area contributed by atoms with Crippen LogP contribution < -0.4 is 4.74 Å². The van der Waals surface area contributed by atoms with Crippen molar-refractivity contribution in [2.45, 2.75) is 26.7 Å². The van der Waals surface area contributed by atoms with Gasteiger partial charge in [0.2, 0.25) is 0 Å². The third-order valence-electron chi connectivity index (χ3n) is 6.76. The number of rotatable bonds is 8. The SMILES string of the molecule is CCCCOc1ccc(-c2ccc(-c3sc(-c4ccc(-c5ccc(C)cc5)cc4)c4c3N=S=N4)cc2)cc1.